The Bertz CT molecular complexity index is 702. The van der Waals surface area contributed by atoms with E-state index in [-0.39, 0.29) is 19.0 Å². The van der Waals surface area contributed by atoms with Gasteiger partial charge in [-0.3, -0.25) is 0 Å². The molecule has 0 unspecified atom stereocenters. The summed E-state index contributed by atoms with van der Waals surface area (Å²) < 4.78 is 44.9. The number of ether oxygens (including phenoxy) is 1. The number of benzene rings is 2. The molecule has 0 saturated heterocycles. The van der Waals surface area contributed by atoms with Crippen molar-refractivity contribution in [3.8, 4) is 17.6 Å². The molecule has 0 aliphatic heterocycles. The van der Waals surface area contributed by atoms with Gasteiger partial charge in [0.2, 0.25) is 5.82 Å². The Hall–Kier alpha value is -2.45. The molecule has 0 amide bonds. The Morgan fingerprint density at radius 1 is 1.10 bits per heavy atom. The molecule has 5 heteroatoms. The van der Waals surface area contributed by atoms with E-state index >= 15 is 0 Å². The average Bonchev–Trinajstić information content (AvgIpc) is 2.48. The van der Waals surface area contributed by atoms with Crippen molar-refractivity contribution < 1.29 is 23.0 Å². The standard InChI is InChI=1S/C16H11F3O2/c17-13-7-6-12(11(9-13)3-2-8-20)10-21-15-5-1-4-14(18)16(15)19/h1,4-7,9,20H,8,10H2. The molecule has 0 bridgehead atoms. The van der Waals surface area contributed by atoms with Gasteiger partial charge in [-0.2, -0.15) is 4.39 Å². The van der Waals surface area contributed by atoms with Gasteiger partial charge in [-0.05, 0) is 24.3 Å². The highest BCUT2D eigenvalue weighted by Gasteiger charge is 2.10. The minimum Gasteiger partial charge on any atom is -0.486 e. The summed E-state index contributed by atoms with van der Waals surface area (Å²) >= 11 is 0. The molecule has 21 heavy (non-hydrogen) atoms. The fourth-order valence-electron chi connectivity index (χ4n) is 1.68. The van der Waals surface area contributed by atoms with Crippen LogP contribution in [0.3, 0.4) is 0 Å². The quantitative estimate of drug-likeness (QED) is 0.881. The van der Waals surface area contributed by atoms with Crippen LogP contribution in [0.2, 0.25) is 0 Å². The molecular formula is C16H11F3O2. The van der Waals surface area contributed by atoms with E-state index in [9.17, 15) is 13.2 Å². The minimum atomic E-state index is -1.08. The van der Waals surface area contributed by atoms with Crippen LogP contribution in [0.1, 0.15) is 11.1 Å². The van der Waals surface area contributed by atoms with E-state index in [4.69, 9.17) is 9.84 Å². The Kier molecular flexibility index (Phi) is 4.85. The van der Waals surface area contributed by atoms with Crippen LogP contribution >= 0.6 is 0 Å². The maximum atomic E-state index is 13.5. The van der Waals surface area contributed by atoms with Crippen molar-refractivity contribution in [1.82, 2.24) is 0 Å². The van der Waals surface area contributed by atoms with Crippen LogP contribution in [0.5, 0.6) is 5.75 Å². The predicted molar refractivity (Wildman–Crippen MR) is 71.1 cm³/mol. The third-order valence-electron chi connectivity index (χ3n) is 2.67. The molecule has 2 aromatic carbocycles. The summed E-state index contributed by atoms with van der Waals surface area (Å²) in [5.74, 6) is 2.17. The highest BCUT2D eigenvalue weighted by atomic mass is 19.2. The third-order valence-corrected chi connectivity index (χ3v) is 2.67. The minimum absolute atomic E-state index is 0.101. The summed E-state index contributed by atoms with van der Waals surface area (Å²) in [7, 11) is 0. The first-order chi connectivity index (χ1) is 10.1. The Labute approximate surface area is 119 Å². The predicted octanol–water partition coefficient (Wildman–Crippen LogP) is 3.03. The molecule has 0 heterocycles. The fraction of sp³-hybridized carbons (Fsp3) is 0.125. The Balaban J connectivity index is 2.22. The molecule has 2 nitrogen and oxygen atoms in total. The molecule has 0 spiro atoms. The molecular weight excluding hydrogens is 281 g/mol. The van der Waals surface area contributed by atoms with E-state index in [0.717, 1.165) is 6.07 Å². The lowest BCUT2D eigenvalue weighted by molar-refractivity contribution is 0.284. The third kappa shape index (κ3) is 3.77. The second kappa shape index (κ2) is 6.82. The summed E-state index contributed by atoms with van der Waals surface area (Å²) in [4.78, 5) is 0. The lowest BCUT2D eigenvalue weighted by atomic mass is 10.1. The van der Waals surface area contributed by atoms with E-state index in [2.05, 4.69) is 11.8 Å². The first-order valence-electron chi connectivity index (χ1n) is 6.07. The summed E-state index contributed by atoms with van der Waals surface area (Å²) in [6.45, 7) is -0.467. The molecule has 108 valence electrons. The Morgan fingerprint density at radius 2 is 1.90 bits per heavy atom. The molecule has 0 fully saturated rings. The normalized spacial score (nSPS) is 9.90. The number of halogens is 3. The summed E-state index contributed by atoms with van der Waals surface area (Å²) in [6, 6.07) is 7.44. The fourth-order valence-corrected chi connectivity index (χ4v) is 1.68. The first kappa shape index (κ1) is 14.9. The largest absolute Gasteiger partial charge is 0.486 e. The molecule has 0 aliphatic carbocycles. The van der Waals surface area contributed by atoms with Crippen LogP contribution in [0.4, 0.5) is 13.2 Å². The van der Waals surface area contributed by atoms with Crippen LogP contribution in [-0.4, -0.2) is 11.7 Å². The molecule has 2 rings (SSSR count). The maximum Gasteiger partial charge on any atom is 0.200 e. The van der Waals surface area contributed by atoms with Gasteiger partial charge in [0.15, 0.2) is 11.6 Å². The molecule has 0 radical (unpaired) electrons. The average molecular weight is 292 g/mol. The molecule has 0 saturated carbocycles. The van der Waals surface area contributed by atoms with Crippen molar-refractivity contribution in [3.63, 3.8) is 0 Å². The van der Waals surface area contributed by atoms with Gasteiger partial charge in [-0.1, -0.05) is 24.0 Å². The molecule has 0 atom stereocenters. The molecule has 2 aromatic rings. The van der Waals surface area contributed by atoms with Crippen LogP contribution in [0.15, 0.2) is 36.4 Å². The lowest BCUT2D eigenvalue weighted by Gasteiger charge is -2.09. The smallest absolute Gasteiger partial charge is 0.200 e. The van der Waals surface area contributed by atoms with Gasteiger partial charge in [0, 0.05) is 11.1 Å². The summed E-state index contributed by atoms with van der Waals surface area (Å²) in [6.07, 6.45) is 0. The zero-order valence-electron chi connectivity index (χ0n) is 10.9. The van der Waals surface area contributed by atoms with Gasteiger partial charge in [-0.15, -0.1) is 0 Å². The van der Waals surface area contributed by atoms with Gasteiger partial charge >= 0.3 is 0 Å². The zero-order valence-corrected chi connectivity index (χ0v) is 10.9. The monoisotopic (exact) mass is 292 g/mol. The molecule has 0 aromatic heterocycles. The van der Waals surface area contributed by atoms with E-state index in [1.165, 1.54) is 30.3 Å². The Morgan fingerprint density at radius 3 is 2.67 bits per heavy atom. The van der Waals surface area contributed by atoms with Gasteiger partial charge in [0.25, 0.3) is 0 Å². The van der Waals surface area contributed by atoms with Crippen LogP contribution in [0.25, 0.3) is 0 Å². The van der Waals surface area contributed by atoms with Crippen molar-refractivity contribution in [2.24, 2.45) is 0 Å². The van der Waals surface area contributed by atoms with Crippen molar-refractivity contribution in [1.29, 1.82) is 0 Å². The van der Waals surface area contributed by atoms with E-state index in [0.29, 0.717) is 11.1 Å². The van der Waals surface area contributed by atoms with Gasteiger partial charge in [0.05, 0.1) is 0 Å². The van der Waals surface area contributed by atoms with Crippen LogP contribution < -0.4 is 4.74 Å². The van der Waals surface area contributed by atoms with Crippen LogP contribution in [-0.2, 0) is 6.61 Å². The van der Waals surface area contributed by atoms with Gasteiger partial charge in [-0.25, -0.2) is 8.78 Å². The second-order valence-corrected chi connectivity index (χ2v) is 4.10. The summed E-state index contributed by atoms with van der Waals surface area (Å²) in [5, 5.41) is 8.67. The topological polar surface area (TPSA) is 29.5 Å². The number of aliphatic hydroxyl groups is 1. The molecule has 0 aliphatic rings. The number of rotatable bonds is 3. The van der Waals surface area contributed by atoms with Crippen LogP contribution in [0, 0.1) is 29.3 Å². The first-order valence-corrected chi connectivity index (χ1v) is 6.07. The van der Waals surface area contributed by atoms with E-state index in [1.54, 1.807) is 0 Å². The second-order valence-electron chi connectivity index (χ2n) is 4.10. The van der Waals surface area contributed by atoms with Crippen molar-refractivity contribution >= 4 is 0 Å². The SMILES string of the molecule is OCC#Cc1cc(F)ccc1COc1cccc(F)c1F. The molecule has 1 N–H and O–H groups in total. The van der Waals surface area contributed by atoms with E-state index < -0.39 is 17.5 Å². The van der Waals surface area contributed by atoms with Crippen molar-refractivity contribution in [3.05, 3.63) is 65.0 Å². The van der Waals surface area contributed by atoms with Gasteiger partial charge in [0.1, 0.15) is 19.0 Å². The van der Waals surface area contributed by atoms with Crippen molar-refractivity contribution in [2.75, 3.05) is 6.61 Å². The highest BCUT2D eigenvalue weighted by molar-refractivity contribution is 5.42. The highest BCUT2D eigenvalue weighted by Crippen LogP contribution is 2.21. The maximum absolute atomic E-state index is 13.5. The number of hydrogen-bond donors (Lipinski definition) is 1. The van der Waals surface area contributed by atoms with Crippen molar-refractivity contribution in [2.45, 2.75) is 6.61 Å². The number of hydrogen-bond acceptors (Lipinski definition) is 2. The number of aliphatic hydroxyl groups excluding tert-OH is 1. The van der Waals surface area contributed by atoms with E-state index in [1.807, 2.05) is 0 Å². The zero-order chi connectivity index (χ0) is 15.2. The summed E-state index contributed by atoms with van der Waals surface area (Å²) in [5.41, 5.74) is 0.821. The van der Waals surface area contributed by atoms with Gasteiger partial charge < -0.3 is 9.84 Å². The lowest BCUT2D eigenvalue weighted by Crippen LogP contribution is -2.01.